The van der Waals surface area contributed by atoms with Gasteiger partial charge in [0.25, 0.3) is 0 Å². The summed E-state index contributed by atoms with van der Waals surface area (Å²) in [6, 6.07) is 13.8. The molecule has 0 aromatic heterocycles. The Hall–Kier alpha value is -3.70. The van der Waals surface area contributed by atoms with E-state index in [1.807, 2.05) is 0 Å². The van der Waals surface area contributed by atoms with Crippen LogP contribution in [-0.4, -0.2) is 14.6 Å². The van der Waals surface area contributed by atoms with Crippen molar-refractivity contribution in [3.8, 4) is 6.07 Å². The van der Waals surface area contributed by atoms with Crippen LogP contribution in [0.5, 0.6) is 0 Å². The maximum atomic E-state index is 13.7. The summed E-state index contributed by atoms with van der Waals surface area (Å²) in [7, 11) is -4.24. The van der Waals surface area contributed by atoms with Gasteiger partial charge in [-0.25, -0.2) is 21.6 Å². The number of fused-ring (bicyclic) bond motifs is 1. The van der Waals surface area contributed by atoms with Crippen molar-refractivity contribution in [1.29, 1.82) is 5.26 Å². The lowest BCUT2D eigenvalue weighted by Gasteiger charge is -2.13. The largest absolute Gasteiger partial charge is 0.255 e. The van der Waals surface area contributed by atoms with Crippen LogP contribution < -0.4 is 0 Å². The van der Waals surface area contributed by atoms with Gasteiger partial charge in [0, 0.05) is 12.6 Å². The third-order valence-electron chi connectivity index (χ3n) is 4.88. The number of hydrogen-bond donors (Lipinski definition) is 0. The highest BCUT2D eigenvalue weighted by Gasteiger charge is 2.27. The van der Waals surface area contributed by atoms with Crippen LogP contribution >= 0.6 is 0 Å². The number of rotatable bonds is 3. The average Bonchev–Trinajstić information content (AvgIpc) is 2.94. The second-order valence-electron chi connectivity index (χ2n) is 6.81. The summed E-state index contributed by atoms with van der Waals surface area (Å²) >= 11 is 0. The standard InChI is InChI=1S/C23H13F3N2O2S/c24-17-4-1-14(2-5-17)20-10-15-3-6-18(25)11-22(15)28-13-23(20)31(29,30)19-7-8-21(26)16(9-19)12-27/h1-9,11,13H,10H2. The zero-order chi connectivity index (χ0) is 22.2. The molecule has 0 saturated carbocycles. The van der Waals surface area contributed by atoms with Crippen LogP contribution in [0.2, 0.25) is 0 Å². The molecule has 0 saturated heterocycles. The predicted octanol–water partition coefficient (Wildman–Crippen LogP) is 5.12. The van der Waals surface area contributed by atoms with Gasteiger partial charge in [0.1, 0.15) is 23.5 Å². The van der Waals surface area contributed by atoms with Gasteiger partial charge in [0.15, 0.2) is 0 Å². The van der Waals surface area contributed by atoms with Crippen LogP contribution in [0.1, 0.15) is 16.7 Å². The van der Waals surface area contributed by atoms with E-state index in [-0.39, 0.29) is 21.9 Å². The van der Waals surface area contributed by atoms with E-state index in [2.05, 4.69) is 4.99 Å². The zero-order valence-corrected chi connectivity index (χ0v) is 16.6. The maximum Gasteiger partial charge on any atom is 0.208 e. The van der Waals surface area contributed by atoms with Gasteiger partial charge in [0.05, 0.1) is 21.1 Å². The molecule has 3 aromatic rings. The van der Waals surface area contributed by atoms with E-state index < -0.39 is 32.9 Å². The van der Waals surface area contributed by atoms with Crippen LogP contribution in [-0.2, 0) is 16.3 Å². The summed E-state index contributed by atoms with van der Waals surface area (Å²) in [6.07, 6.45) is 1.19. The second kappa shape index (κ2) is 7.85. The van der Waals surface area contributed by atoms with Crippen LogP contribution in [0, 0.1) is 28.8 Å². The Kier molecular flexibility index (Phi) is 5.21. The SMILES string of the molecule is N#Cc1cc(S(=O)(=O)C2=C(c3ccc(F)cc3)Cc3ccc(F)cc3N=C2)ccc1F. The minimum absolute atomic E-state index is 0.0854. The average molecular weight is 438 g/mol. The normalized spacial score (nSPS) is 13.5. The molecule has 0 unspecified atom stereocenters. The van der Waals surface area contributed by atoms with E-state index in [0.717, 1.165) is 24.4 Å². The molecule has 0 N–H and O–H groups in total. The number of nitriles is 1. The first-order valence-corrected chi connectivity index (χ1v) is 10.5. The molecule has 1 aliphatic heterocycles. The molecule has 1 aliphatic rings. The number of benzene rings is 3. The molecule has 0 atom stereocenters. The molecule has 154 valence electrons. The molecular weight excluding hydrogens is 425 g/mol. The van der Waals surface area contributed by atoms with Crippen molar-refractivity contribution in [2.45, 2.75) is 11.3 Å². The first-order chi connectivity index (χ1) is 14.8. The molecule has 0 amide bonds. The lowest BCUT2D eigenvalue weighted by atomic mass is 9.97. The molecule has 0 spiro atoms. The second-order valence-corrected chi connectivity index (χ2v) is 8.73. The maximum absolute atomic E-state index is 13.7. The smallest absolute Gasteiger partial charge is 0.208 e. The van der Waals surface area contributed by atoms with Gasteiger partial charge < -0.3 is 0 Å². The van der Waals surface area contributed by atoms with Crippen molar-refractivity contribution in [3.05, 3.63) is 99.7 Å². The van der Waals surface area contributed by atoms with E-state index in [1.54, 1.807) is 6.07 Å². The molecule has 31 heavy (non-hydrogen) atoms. The molecule has 4 rings (SSSR count). The third-order valence-corrected chi connectivity index (χ3v) is 6.69. The number of sulfone groups is 1. The molecule has 0 fully saturated rings. The van der Waals surface area contributed by atoms with Crippen LogP contribution in [0.3, 0.4) is 0 Å². The van der Waals surface area contributed by atoms with E-state index in [1.165, 1.54) is 42.5 Å². The quantitative estimate of drug-likeness (QED) is 0.533. The van der Waals surface area contributed by atoms with Crippen molar-refractivity contribution in [2.75, 3.05) is 0 Å². The Morgan fingerprint density at radius 1 is 0.903 bits per heavy atom. The minimum Gasteiger partial charge on any atom is -0.255 e. The van der Waals surface area contributed by atoms with Crippen molar-refractivity contribution < 1.29 is 21.6 Å². The fourth-order valence-electron chi connectivity index (χ4n) is 3.30. The fraction of sp³-hybridized carbons (Fsp3) is 0.0435. The summed E-state index contributed by atoms with van der Waals surface area (Å²) in [5.74, 6) is -1.86. The zero-order valence-electron chi connectivity index (χ0n) is 15.8. The van der Waals surface area contributed by atoms with Crippen molar-refractivity contribution in [1.82, 2.24) is 0 Å². The van der Waals surface area contributed by atoms with Crippen molar-refractivity contribution in [2.24, 2.45) is 4.99 Å². The summed E-state index contributed by atoms with van der Waals surface area (Å²) in [6.45, 7) is 0. The van der Waals surface area contributed by atoms with Crippen LogP contribution in [0.25, 0.3) is 5.57 Å². The van der Waals surface area contributed by atoms with Gasteiger partial charge in [0.2, 0.25) is 9.84 Å². The highest BCUT2D eigenvalue weighted by molar-refractivity contribution is 7.96. The molecular formula is C23H13F3N2O2S. The third kappa shape index (κ3) is 3.88. The van der Waals surface area contributed by atoms with E-state index in [4.69, 9.17) is 5.26 Å². The number of halogens is 3. The van der Waals surface area contributed by atoms with E-state index >= 15 is 0 Å². The van der Waals surface area contributed by atoms with Crippen molar-refractivity contribution in [3.63, 3.8) is 0 Å². The van der Waals surface area contributed by atoms with Crippen LogP contribution in [0.4, 0.5) is 18.9 Å². The Morgan fingerprint density at radius 2 is 1.61 bits per heavy atom. The van der Waals surface area contributed by atoms with Crippen molar-refractivity contribution >= 4 is 27.3 Å². The molecule has 3 aromatic carbocycles. The van der Waals surface area contributed by atoms with Gasteiger partial charge >= 0.3 is 0 Å². The molecule has 8 heteroatoms. The van der Waals surface area contributed by atoms with Gasteiger partial charge in [-0.1, -0.05) is 18.2 Å². The predicted molar refractivity (Wildman–Crippen MR) is 110 cm³/mol. The van der Waals surface area contributed by atoms with Crippen LogP contribution in [0.15, 0.2) is 75.5 Å². The first kappa shape index (κ1) is 20.6. The fourth-order valence-corrected chi connectivity index (χ4v) is 4.78. The van der Waals surface area contributed by atoms with Gasteiger partial charge in [-0.3, -0.25) is 4.99 Å². The number of nitrogens with zero attached hydrogens (tertiary/aromatic N) is 2. The number of hydrogen-bond acceptors (Lipinski definition) is 4. The topological polar surface area (TPSA) is 70.3 Å². The number of aliphatic imine (C=N–C) groups is 1. The van der Waals surface area contributed by atoms with Gasteiger partial charge in [-0.05, 0) is 59.2 Å². The molecule has 0 aliphatic carbocycles. The Balaban J connectivity index is 1.97. The summed E-state index contributed by atoms with van der Waals surface area (Å²) in [5, 5.41) is 9.07. The first-order valence-electron chi connectivity index (χ1n) is 9.06. The lowest BCUT2D eigenvalue weighted by Crippen LogP contribution is -2.10. The minimum atomic E-state index is -4.24. The Bertz CT molecular complexity index is 1400. The Morgan fingerprint density at radius 3 is 2.32 bits per heavy atom. The molecule has 1 heterocycles. The molecule has 0 radical (unpaired) electrons. The summed E-state index contributed by atoms with van der Waals surface area (Å²) in [4.78, 5) is 3.67. The molecule has 4 nitrogen and oxygen atoms in total. The monoisotopic (exact) mass is 438 g/mol. The van der Waals surface area contributed by atoms with Gasteiger partial charge in [-0.2, -0.15) is 5.26 Å². The molecule has 0 bridgehead atoms. The highest BCUT2D eigenvalue weighted by atomic mass is 32.2. The number of allylic oxidation sites excluding steroid dienone is 2. The van der Waals surface area contributed by atoms with Gasteiger partial charge in [-0.15, -0.1) is 0 Å². The van der Waals surface area contributed by atoms with E-state index in [9.17, 15) is 21.6 Å². The highest BCUT2D eigenvalue weighted by Crippen LogP contribution is 2.35. The van der Waals surface area contributed by atoms with E-state index in [0.29, 0.717) is 16.7 Å². The lowest BCUT2D eigenvalue weighted by molar-refractivity contribution is 0.601. The Labute approximate surface area is 176 Å². The summed E-state index contributed by atoms with van der Waals surface area (Å²) < 4.78 is 67.8. The summed E-state index contributed by atoms with van der Waals surface area (Å²) in [5.41, 5.74) is 1.18.